The van der Waals surface area contributed by atoms with E-state index in [9.17, 15) is 8.42 Å². The standard InChI is InChI=1S/H2O4S/c1-5(2,3)4/h(H2,1,2,3,4)/p+1/i/hD2. The minimum atomic E-state index is -4.66. The summed E-state index contributed by atoms with van der Waals surface area (Å²) in [6, 6.07) is 0. The van der Waals surface area contributed by atoms with Crippen LogP contribution in [0.3, 0.4) is 0 Å². The molecule has 0 aliphatic carbocycles. The van der Waals surface area contributed by atoms with Gasteiger partial charge in [-0.3, -0.25) is 0 Å². The number of rotatable bonds is 1. The van der Waals surface area contributed by atoms with Crippen molar-refractivity contribution in [3.63, 3.8) is 0 Å². The molecule has 32 valence electrons. The van der Waals surface area contributed by atoms with Gasteiger partial charge in [-0.05, 0) is 0 Å². The van der Waals surface area contributed by atoms with Gasteiger partial charge in [0.1, 0.15) is 0 Å². The fourth-order valence-corrected chi connectivity index (χ4v) is 0. The third-order valence-electron chi connectivity index (χ3n) is 0. The molecule has 4 nitrogen and oxygen atoms in total. The molecule has 0 fully saturated rings. The second-order valence-corrected chi connectivity index (χ2v) is 1.28. The van der Waals surface area contributed by atoms with Gasteiger partial charge in [0, 0.05) is 0 Å². The molecule has 0 spiro atoms. The van der Waals surface area contributed by atoms with E-state index in [0.717, 1.165) is 0 Å². The number of hydrogen-bond acceptors (Lipinski definition) is 2. The Balaban J connectivity index is 4.10. The molecule has 0 aliphatic heterocycles. The van der Waals surface area contributed by atoms with Crippen molar-refractivity contribution in [1.82, 2.24) is 0 Å². The highest BCUT2D eigenvalue weighted by Crippen LogP contribution is 1.59. The van der Waals surface area contributed by atoms with E-state index < -0.39 is 10.4 Å². The molecule has 0 radical (unpaired) electrons. The Bertz CT molecular complexity index is 132. The smallest absolute Gasteiger partial charge is 0.309 e. The van der Waals surface area contributed by atoms with Crippen molar-refractivity contribution in [3.8, 4) is 0 Å². The molecule has 0 aromatic rings. The molecule has 5 heteroatoms. The maximum atomic E-state index is 9.40. The fourth-order valence-electron chi connectivity index (χ4n) is 0. The predicted molar refractivity (Wildman–Crippen MR) is 15.2 cm³/mol. The van der Waals surface area contributed by atoms with Crippen LogP contribution in [0.15, 0.2) is 0 Å². The van der Waals surface area contributed by atoms with Gasteiger partial charge in [0.25, 0.3) is 0 Å². The van der Waals surface area contributed by atoms with E-state index in [2.05, 4.69) is 0 Å². The third-order valence-corrected chi connectivity index (χ3v) is 0. The molecule has 0 atom stereocenters. The van der Waals surface area contributed by atoms with E-state index in [4.69, 9.17) is 7.42 Å². The van der Waals surface area contributed by atoms with E-state index in [0.29, 0.717) is 0 Å². The van der Waals surface area contributed by atoms with Crippen molar-refractivity contribution in [2.45, 2.75) is 0 Å². The first-order valence-corrected chi connectivity index (χ1v) is 2.05. The highest BCUT2D eigenvalue weighted by atomic mass is 32.3. The summed E-state index contributed by atoms with van der Waals surface area (Å²) in [6.07, 6.45) is 0. The van der Waals surface area contributed by atoms with Crippen molar-refractivity contribution in [2.75, 3.05) is 0 Å². The van der Waals surface area contributed by atoms with Crippen LogP contribution in [0.1, 0.15) is 0 Å². The highest BCUT2D eigenvalue weighted by Gasteiger charge is 1.93. The van der Waals surface area contributed by atoms with Crippen molar-refractivity contribution < 1.29 is 17.5 Å². The van der Waals surface area contributed by atoms with Gasteiger partial charge in [0.15, 0.2) is 0 Å². The molecule has 0 heterocycles. The summed E-state index contributed by atoms with van der Waals surface area (Å²) in [4.78, 5) is 0. The van der Waals surface area contributed by atoms with E-state index in [1.165, 1.54) is 0 Å². The van der Waals surface area contributed by atoms with Crippen LogP contribution in [0.2, 0.25) is 0 Å². The van der Waals surface area contributed by atoms with Gasteiger partial charge in [0.05, 0.1) is 0 Å². The SMILES string of the molecule is [2H][O+]([2H])S(=O)(=O)O. The Kier molecular flexibility index (Phi) is 0.392. The summed E-state index contributed by atoms with van der Waals surface area (Å²) in [6.45, 7) is 0. The topological polar surface area (TPSA) is 77.3 Å². The molecule has 0 amide bonds. The van der Waals surface area contributed by atoms with Gasteiger partial charge >= 0.3 is 13.3 Å². The molecule has 0 saturated carbocycles. The van der Waals surface area contributed by atoms with Gasteiger partial charge in [-0.1, -0.05) is 0 Å². The van der Waals surface area contributed by atoms with Crippen LogP contribution < -0.4 is 0 Å². The van der Waals surface area contributed by atoms with Crippen LogP contribution in [0.25, 0.3) is 0 Å². The fraction of sp³-hybridized carbons (Fsp3) is 0. The molecule has 0 aliphatic rings. The Morgan fingerprint density at radius 1 is 2.00 bits per heavy atom. The molecule has 0 bridgehead atoms. The highest BCUT2D eigenvalue weighted by molar-refractivity contribution is 7.79. The zero-order chi connectivity index (χ0) is 6.08. The van der Waals surface area contributed by atoms with Gasteiger partial charge in [-0.15, -0.1) is 8.42 Å². The minimum Gasteiger partial charge on any atom is -0.309 e. The summed E-state index contributed by atoms with van der Waals surface area (Å²) >= 11 is 0. The van der Waals surface area contributed by atoms with Crippen LogP contribution >= 0.6 is 0 Å². The first kappa shape index (κ1) is 2.12. The van der Waals surface area contributed by atoms with Crippen molar-refractivity contribution in [2.24, 2.45) is 0 Å². The molecule has 5 heavy (non-hydrogen) atoms. The molecule has 0 aromatic heterocycles. The van der Waals surface area contributed by atoms with Gasteiger partial charge in [-0.25, -0.2) is 4.55 Å². The van der Waals surface area contributed by atoms with Crippen LogP contribution in [0.4, 0.5) is 0 Å². The first-order chi connectivity index (χ1) is 2.94. The molecule has 0 unspecified atom stereocenters. The minimum absolute atomic E-state index is 0.0903. The maximum absolute atomic E-state index is 9.40. The van der Waals surface area contributed by atoms with E-state index in [1.807, 2.05) is 0 Å². The predicted octanol–water partition coefficient (Wildman–Crippen LogP) is -1.49. The molecule has 0 saturated heterocycles. The van der Waals surface area contributed by atoms with Crippen LogP contribution in [-0.4, -0.2) is 20.4 Å². The average molecular weight is 101 g/mol. The van der Waals surface area contributed by atoms with Crippen molar-refractivity contribution in [1.29, 1.82) is 2.86 Å². The lowest BCUT2D eigenvalue weighted by molar-refractivity contribution is 0.381. The molecule has 0 aromatic carbocycles. The Labute approximate surface area is 32.0 Å². The lowest BCUT2D eigenvalue weighted by Crippen LogP contribution is -1.89. The first-order valence-electron chi connectivity index (χ1n) is 1.50. The summed E-state index contributed by atoms with van der Waals surface area (Å²) < 4.78 is 37.9. The van der Waals surface area contributed by atoms with Crippen molar-refractivity contribution >= 4 is 10.4 Å². The Morgan fingerprint density at radius 2 is 2.20 bits per heavy atom. The van der Waals surface area contributed by atoms with Crippen LogP contribution in [0.5, 0.6) is 0 Å². The van der Waals surface area contributed by atoms with Gasteiger partial charge < -0.3 is 4.56 Å². The quantitative estimate of drug-likeness (QED) is 0.323. The van der Waals surface area contributed by atoms with E-state index >= 15 is 0 Å². The Morgan fingerprint density at radius 3 is 2.20 bits per heavy atom. The van der Waals surface area contributed by atoms with Gasteiger partial charge in [0.2, 0.25) is 0 Å². The number of hydrogen-bond donors (Lipinski definition) is 1. The van der Waals surface area contributed by atoms with E-state index in [-0.39, 0.29) is 4.56 Å². The summed E-state index contributed by atoms with van der Waals surface area (Å²) in [5, 5.41) is 0. The largest absolute Gasteiger partial charge is 0.526 e. The summed E-state index contributed by atoms with van der Waals surface area (Å²) in [5.74, 6) is 0. The van der Waals surface area contributed by atoms with Crippen molar-refractivity contribution in [3.05, 3.63) is 0 Å². The molecule has 3 N–H and O–H groups in total. The maximum Gasteiger partial charge on any atom is 0.526 e. The molecular formula is H3O4S+. The zero-order valence-electron chi connectivity index (χ0n) is 4.08. The Hall–Kier alpha value is -0.130. The van der Waals surface area contributed by atoms with Crippen LogP contribution in [-0.2, 0) is 10.4 Å². The molecule has 0 rings (SSSR count). The summed E-state index contributed by atoms with van der Waals surface area (Å²) in [7, 11) is -4.66. The lowest BCUT2D eigenvalue weighted by atomic mass is 15.8. The van der Waals surface area contributed by atoms with Gasteiger partial charge in [-0.2, -0.15) is 0 Å². The normalized spacial score (nSPS) is 18.0. The third kappa shape index (κ3) is 801. The summed E-state index contributed by atoms with van der Waals surface area (Å²) in [5.41, 5.74) is 0. The average Bonchev–Trinajstić information content (AvgIpc) is 1.31. The van der Waals surface area contributed by atoms with Crippen LogP contribution in [0, 0.1) is 0 Å². The van der Waals surface area contributed by atoms with E-state index in [1.54, 1.807) is 0 Å². The second-order valence-electron chi connectivity index (χ2n) is 0.428. The lowest BCUT2D eigenvalue weighted by Gasteiger charge is -1.62. The molecular weight excluding hydrogens is 96.1 g/mol. The zero-order valence-corrected chi connectivity index (χ0v) is 2.90. The monoisotopic (exact) mass is 101 g/mol. The second kappa shape index (κ2) is 0.925.